The maximum absolute atomic E-state index is 12.6. The molecule has 1 unspecified atom stereocenters. The van der Waals surface area contributed by atoms with Crippen LogP contribution in [0.15, 0.2) is 18.2 Å². The van der Waals surface area contributed by atoms with Gasteiger partial charge in [0.2, 0.25) is 5.91 Å². The summed E-state index contributed by atoms with van der Waals surface area (Å²) >= 11 is 0. The number of hydrogen-bond donors (Lipinski definition) is 3. The van der Waals surface area contributed by atoms with E-state index in [0.29, 0.717) is 5.69 Å². The fraction of sp³-hybridized carbons (Fsp3) is 0.500. The van der Waals surface area contributed by atoms with E-state index in [9.17, 15) is 9.59 Å². The first-order valence-corrected chi connectivity index (χ1v) is 7.39. The van der Waals surface area contributed by atoms with E-state index in [1.165, 1.54) is 6.07 Å². The minimum absolute atomic E-state index is 0.0203. The molecule has 5 heteroatoms. The molecule has 1 heterocycles. The second-order valence-corrected chi connectivity index (χ2v) is 5.65. The summed E-state index contributed by atoms with van der Waals surface area (Å²) in [4.78, 5) is 23.5. The summed E-state index contributed by atoms with van der Waals surface area (Å²) in [6.45, 7) is 4.74. The number of aryl methyl sites for hydroxylation is 1. The average Bonchev–Trinajstić information content (AvgIpc) is 2.91. The molecule has 1 amide bonds. The maximum Gasteiger partial charge on any atom is 0.335 e. The van der Waals surface area contributed by atoms with E-state index < -0.39 is 11.5 Å². The van der Waals surface area contributed by atoms with Crippen LogP contribution >= 0.6 is 0 Å². The van der Waals surface area contributed by atoms with Crippen molar-refractivity contribution in [2.45, 2.75) is 45.1 Å². The SMILES string of the molecule is CCCC1(C(=O)Nc2ccc(C(=O)O)cc2C)CCCN1. The summed E-state index contributed by atoms with van der Waals surface area (Å²) in [5.41, 5.74) is 1.18. The highest BCUT2D eigenvalue weighted by Crippen LogP contribution is 2.27. The molecular formula is C16H22N2O3. The smallest absolute Gasteiger partial charge is 0.335 e. The Kier molecular flexibility index (Phi) is 4.63. The van der Waals surface area contributed by atoms with Crippen LogP contribution in [0.3, 0.4) is 0 Å². The van der Waals surface area contributed by atoms with Crippen LogP contribution in [-0.2, 0) is 4.79 Å². The van der Waals surface area contributed by atoms with Crippen LogP contribution in [0, 0.1) is 6.92 Å². The summed E-state index contributed by atoms with van der Waals surface area (Å²) in [5, 5.41) is 15.3. The monoisotopic (exact) mass is 290 g/mol. The van der Waals surface area contributed by atoms with Gasteiger partial charge in [-0.15, -0.1) is 0 Å². The molecule has 1 aliphatic heterocycles. The second-order valence-electron chi connectivity index (χ2n) is 5.65. The fourth-order valence-corrected chi connectivity index (χ4v) is 2.93. The molecule has 2 rings (SSSR count). The standard InChI is InChI=1S/C16H22N2O3/c1-3-7-16(8-4-9-17-16)15(21)18-13-6-5-12(14(19)20)10-11(13)2/h5-6,10,17H,3-4,7-9H2,1-2H3,(H,18,21)(H,19,20). The van der Waals surface area contributed by atoms with Crippen LogP contribution in [0.4, 0.5) is 5.69 Å². The van der Waals surface area contributed by atoms with Gasteiger partial charge in [-0.05, 0) is 56.5 Å². The third-order valence-electron chi connectivity index (χ3n) is 4.08. The maximum atomic E-state index is 12.6. The topological polar surface area (TPSA) is 78.4 Å². The Morgan fingerprint density at radius 1 is 1.43 bits per heavy atom. The van der Waals surface area contributed by atoms with E-state index >= 15 is 0 Å². The van der Waals surface area contributed by atoms with Crippen LogP contribution < -0.4 is 10.6 Å². The van der Waals surface area contributed by atoms with Crippen molar-refractivity contribution < 1.29 is 14.7 Å². The molecular weight excluding hydrogens is 268 g/mol. The third kappa shape index (κ3) is 3.24. The molecule has 3 N–H and O–H groups in total. The van der Waals surface area contributed by atoms with Gasteiger partial charge in [-0.25, -0.2) is 4.79 Å². The van der Waals surface area contributed by atoms with Crippen LogP contribution in [0.2, 0.25) is 0 Å². The molecule has 1 fully saturated rings. The van der Waals surface area contributed by atoms with E-state index in [0.717, 1.165) is 37.8 Å². The Bertz CT molecular complexity index is 548. The van der Waals surface area contributed by atoms with Gasteiger partial charge in [0, 0.05) is 5.69 Å². The first kappa shape index (κ1) is 15.5. The lowest BCUT2D eigenvalue weighted by atomic mass is 9.90. The predicted molar refractivity (Wildman–Crippen MR) is 81.6 cm³/mol. The zero-order chi connectivity index (χ0) is 15.5. The fourth-order valence-electron chi connectivity index (χ4n) is 2.93. The molecule has 0 spiro atoms. The molecule has 21 heavy (non-hydrogen) atoms. The summed E-state index contributed by atoms with van der Waals surface area (Å²) in [6, 6.07) is 4.75. The van der Waals surface area contributed by atoms with Gasteiger partial charge in [0.25, 0.3) is 0 Å². The van der Waals surface area contributed by atoms with Gasteiger partial charge >= 0.3 is 5.97 Å². The van der Waals surface area contributed by atoms with Gasteiger partial charge in [0.05, 0.1) is 11.1 Å². The number of hydrogen-bond acceptors (Lipinski definition) is 3. The van der Waals surface area contributed by atoms with Gasteiger partial charge < -0.3 is 15.7 Å². The van der Waals surface area contributed by atoms with Crippen molar-refractivity contribution in [3.05, 3.63) is 29.3 Å². The zero-order valence-electron chi connectivity index (χ0n) is 12.5. The number of carboxylic acid groups (broad SMARTS) is 1. The number of benzene rings is 1. The average molecular weight is 290 g/mol. The lowest BCUT2D eigenvalue weighted by Gasteiger charge is -2.28. The van der Waals surface area contributed by atoms with E-state index in [2.05, 4.69) is 17.6 Å². The van der Waals surface area contributed by atoms with Crippen molar-refractivity contribution >= 4 is 17.6 Å². The number of aromatic carboxylic acids is 1. The molecule has 5 nitrogen and oxygen atoms in total. The number of anilines is 1. The molecule has 1 atom stereocenters. The normalized spacial score (nSPS) is 21.2. The molecule has 0 aromatic heterocycles. The molecule has 0 aliphatic carbocycles. The molecule has 1 aliphatic rings. The number of rotatable bonds is 5. The first-order valence-electron chi connectivity index (χ1n) is 7.39. The predicted octanol–water partition coefficient (Wildman–Crippen LogP) is 2.55. The largest absolute Gasteiger partial charge is 0.478 e. The summed E-state index contributed by atoms with van der Waals surface area (Å²) in [7, 11) is 0. The van der Waals surface area contributed by atoms with Gasteiger partial charge in [-0.1, -0.05) is 13.3 Å². The number of carbonyl (C=O) groups excluding carboxylic acids is 1. The molecule has 1 saturated heterocycles. The lowest BCUT2D eigenvalue weighted by molar-refractivity contribution is -0.122. The van der Waals surface area contributed by atoms with Crippen LogP contribution in [0.25, 0.3) is 0 Å². The number of carbonyl (C=O) groups is 2. The molecule has 0 saturated carbocycles. The van der Waals surface area contributed by atoms with E-state index in [1.54, 1.807) is 19.1 Å². The highest BCUT2D eigenvalue weighted by molar-refractivity contribution is 5.99. The van der Waals surface area contributed by atoms with Gasteiger partial charge in [0.1, 0.15) is 0 Å². The Hall–Kier alpha value is -1.88. The first-order chi connectivity index (χ1) is 9.98. The minimum Gasteiger partial charge on any atom is -0.478 e. The van der Waals surface area contributed by atoms with E-state index in [4.69, 9.17) is 5.11 Å². The van der Waals surface area contributed by atoms with Crippen molar-refractivity contribution in [2.24, 2.45) is 0 Å². The van der Waals surface area contributed by atoms with Gasteiger partial charge in [-0.2, -0.15) is 0 Å². The summed E-state index contributed by atoms with van der Waals surface area (Å²) < 4.78 is 0. The Labute approximate surface area is 124 Å². The molecule has 0 bridgehead atoms. The summed E-state index contributed by atoms with van der Waals surface area (Å²) in [5.74, 6) is -0.982. The van der Waals surface area contributed by atoms with E-state index in [1.807, 2.05) is 0 Å². The second kappa shape index (κ2) is 6.26. The van der Waals surface area contributed by atoms with Gasteiger partial charge in [-0.3, -0.25) is 4.79 Å². The molecule has 1 aromatic carbocycles. The highest BCUT2D eigenvalue weighted by Gasteiger charge is 2.39. The summed E-state index contributed by atoms with van der Waals surface area (Å²) in [6.07, 6.45) is 3.60. The number of amides is 1. The van der Waals surface area contributed by atoms with Crippen molar-refractivity contribution in [2.75, 3.05) is 11.9 Å². The third-order valence-corrected chi connectivity index (χ3v) is 4.08. The molecule has 0 radical (unpaired) electrons. The van der Waals surface area contributed by atoms with Crippen molar-refractivity contribution in [1.82, 2.24) is 5.32 Å². The zero-order valence-corrected chi connectivity index (χ0v) is 12.5. The minimum atomic E-state index is -0.962. The van der Waals surface area contributed by atoms with Crippen molar-refractivity contribution in [3.63, 3.8) is 0 Å². The quantitative estimate of drug-likeness (QED) is 0.778. The Morgan fingerprint density at radius 3 is 2.71 bits per heavy atom. The van der Waals surface area contributed by atoms with Crippen LogP contribution in [0.5, 0.6) is 0 Å². The molecule has 1 aromatic rings. The van der Waals surface area contributed by atoms with Crippen molar-refractivity contribution in [3.8, 4) is 0 Å². The number of carboxylic acids is 1. The highest BCUT2D eigenvalue weighted by atomic mass is 16.4. The lowest BCUT2D eigenvalue weighted by Crippen LogP contribution is -2.50. The van der Waals surface area contributed by atoms with Crippen molar-refractivity contribution in [1.29, 1.82) is 0 Å². The van der Waals surface area contributed by atoms with E-state index in [-0.39, 0.29) is 11.5 Å². The Balaban J connectivity index is 2.17. The van der Waals surface area contributed by atoms with Crippen LogP contribution in [-0.4, -0.2) is 29.1 Å². The van der Waals surface area contributed by atoms with Crippen LogP contribution in [0.1, 0.15) is 48.5 Å². The van der Waals surface area contributed by atoms with Gasteiger partial charge in [0.15, 0.2) is 0 Å². The molecule has 114 valence electrons. The Morgan fingerprint density at radius 2 is 2.19 bits per heavy atom. The number of nitrogens with one attached hydrogen (secondary N) is 2.